The van der Waals surface area contributed by atoms with Crippen LogP contribution in [0.5, 0.6) is 5.75 Å². The highest BCUT2D eigenvalue weighted by atomic mass is 16.5. The predicted octanol–water partition coefficient (Wildman–Crippen LogP) is 4.55. The normalized spacial score (nSPS) is 10.5. The zero-order chi connectivity index (χ0) is 18.9. The number of ketones is 1. The highest BCUT2D eigenvalue weighted by molar-refractivity contribution is 6.08. The first-order valence-electron chi connectivity index (χ1n) is 8.34. The molecule has 26 heavy (non-hydrogen) atoms. The van der Waals surface area contributed by atoms with E-state index in [2.05, 4.69) is 0 Å². The first-order chi connectivity index (χ1) is 12.5. The topological polar surface area (TPSA) is 63.6 Å². The fourth-order valence-corrected chi connectivity index (χ4v) is 2.32. The molecule has 0 fully saturated rings. The van der Waals surface area contributed by atoms with E-state index in [1.165, 1.54) is 11.6 Å². The molecule has 0 aliphatic heterocycles. The monoisotopic (exact) mass is 350 g/mol. The Labute approximate surface area is 153 Å². The Balaban J connectivity index is 2.04. The van der Waals surface area contributed by atoms with Crippen molar-refractivity contribution in [1.29, 1.82) is 0 Å². The van der Waals surface area contributed by atoms with E-state index in [4.69, 9.17) is 9.84 Å². The minimum atomic E-state index is -0.960. The maximum atomic E-state index is 12.4. The summed E-state index contributed by atoms with van der Waals surface area (Å²) in [6.07, 6.45) is 4.99. The SMILES string of the molecule is CC(C)=CCOc1ccc(C=CC(=O)c2ccccc2CC(=O)O)cc1. The Bertz CT molecular complexity index is 825. The number of hydrogen-bond donors (Lipinski definition) is 1. The van der Waals surface area contributed by atoms with E-state index in [9.17, 15) is 9.59 Å². The Morgan fingerprint density at radius 1 is 1.04 bits per heavy atom. The van der Waals surface area contributed by atoms with Gasteiger partial charge in [0.05, 0.1) is 6.42 Å². The van der Waals surface area contributed by atoms with Crippen LogP contribution in [0.2, 0.25) is 0 Å². The zero-order valence-corrected chi connectivity index (χ0v) is 14.9. The van der Waals surface area contributed by atoms with Crippen LogP contribution in [0.4, 0.5) is 0 Å². The van der Waals surface area contributed by atoms with Gasteiger partial charge in [0, 0.05) is 5.56 Å². The molecule has 1 N–H and O–H groups in total. The van der Waals surface area contributed by atoms with E-state index < -0.39 is 5.97 Å². The number of carboxylic acid groups (broad SMARTS) is 1. The third-order valence-electron chi connectivity index (χ3n) is 3.67. The van der Waals surface area contributed by atoms with E-state index in [0.29, 0.717) is 17.7 Å². The fourth-order valence-electron chi connectivity index (χ4n) is 2.32. The minimum Gasteiger partial charge on any atom is -0.490 e. The maximum absolute atomic E-state index is 12.4. The van der Waals surface area contributed by atoms with Crippen molar-refractivity contribution in [3.63, 3.8) is 0 Å². The Morgan fingerprint density at radius 3 is 2.38 bits per heavy atom. The molecule has 0 heterocycles. The molecular formula is C22H22O4. The van der Waals surface area contributed by atoms with E-state index in [1.807, 2.05) is 44.2 Å². The molecular weight excluding hydrogens is 328 g/mol. The van der Waals surface area contributed by atoms with Gasteiger partial charge in [-0.3, -0.25) is 9.59 Å². The lowest BCUT2D eigenvalue weighted by atomic mass is 10.0. The number of carboxylic acids is 1. The van der Waals surface area contributed by atoms with Crippen LogP contribution in [0, 0.1) is 0 Å². The lowest BCUT2D eigenvalue weighted by Crippen LogP contribution is -2.06. The molecule has 0 bridgehead atoms. The second-order valence-electron chi connectivity index (χ2n) is 6.09. The average Bonchev–Trinajstić information content (AvgIpc) is 2.60. The Kier molecular flexibility index (Phi) is 6.92. The van der Waals surface area contributed by atoms with Crippen LogP contribution in [0.1, 0.15) is 35.3 Å². The van der Waals surface area contributed by atoms with Crippen LogP contribution in [-0.2, 0) is 11.2 Å². The first kappa shape index (κ1) is 19.2. The Morgan fingerprint density at radius 2 is 1.73 bits per heavy atom. The number of rotatable bonds is 8. The van der Waals surface area contributed by atoms with Crippen LogP contribution >= 0.6 is 0 Å². The van der Waals surface area contributed by atoms with Gasteiger partial charge in [-0.05, 0) is 49.3 Å². The summed E-state index contributed by atoms with van der Waals surface area (Å²) >= 11 is 0. The van der Waals surface area contributed by atoms with Crippen LogP contribution < -0.4 is 4.74 Å². The van der Waals surface area contributed by atoms with Crippen molar-refractivity contribution in [2.45, 2.75) is 20.3 Å². The van der Waals surface area contributed by atoms with Crippen molar-refractivity contribution in [3.8, 4) is 5.75 Å². The van der Waals surface area contributed by atoms with Crippen LogP contribution in [0.3, 0.4) is 0 Å². The minimum absolute atomic E-state index is 0.173. The molecule has 0 unspecified atom stereocenters. The number of carbonyl (C=O) groups excluding carboxylic acids is 1. The molecule has 0 amide bonds. The van der Waals surface area contributed by atoms with Crippen molar-refractivity contribution in [2.24, 2.45) is 0 Å². The quantitative estimate of drug-likeness (QED) is 0.431. The van der Waals surface area contributed by atoms with E-state index in [0.717, 1.165) is 11.3 Å². The van der Waals surface area contributed by atoms with Gasteiger partial charge >= 0.3 is 5.97 Å². The van der Waals surface area contributed by atoms with Gasteiger partial charge in [0.1, 0.15) is 12.4 Å². The fraction of sp³-hybridized carbons (Fsp3) is 0.182. The summed E-state index contributed by atoms with van der Waals surface area (Å²) in [5.74, 6) is -0.415. The van der Waals surface area contributed by atoms with Gasteiger partial charge in [-0.25, -0.2) is 0 Å². The summed E-state index contributed by atoms with van der Waals surface area (Å²) in [7, 11) is 0. The molecule has 2 rings (SSSR count). The molecule has 0 aromatic heterocycles. The lowest BCUT2D eigenvalue weighted by Gasteiger charge is -2.05. The highest BCUT2D eigenvalue weighted by Gasteiger charge is 2.10. The van der Waals surface area contributed by atoms with Crippen molar-refractivity contribution < 1.29 is 19.4 Å². The largest absolute Gasteiger partial charge is 0.490 e. The van der Waals surface area contributed by atoms with Gasteiger partial charge < -0.3 is 9.84 Å². The summed E-state index contributed by atoms with van der Waals surface area (Å²) in [4.78, 5) is 23.3. The van der Waals surface area contributed by atoms with Crippen LogP contribution in [-0.4, -0.2) is 23.5 Å². The molecule has 0 radical (unpaired) electrons. The molecule has 134 valence electrons. The molecule has 0 saturated carbocycles. The third kappa shape index (κ3) is 6.06. The van der Waals surface area contributed by atoms with Gasteiger partial charge in [0.25, 0.3) is 0 Å². The van der Waals surface area contributed by atoms with Gasteiger partial charge in [0.2, 0.25) is 0 Å². The number of aliphatic carboxylic acids is 1. The van der Waals surface area contributed by atoms with E-state index in [1.54, 1.807) is 30.3 Å². The van der Waals surface area contributed by atoms with Gasteiger partial charge in [0.15, 0.2) is 5.78 Å². The van der Waals surface area contributed by atoms with Gasteiger partial charge in [-0.1, -0.05) is 48.0 Å². The number of benzene rings is 2. The Hall–Kier alpha value is -3.14. The van der Waals surface area contributed by atoms with Gasteiger partial charge in [-0.15, -0.1) is 0 Å². The molecule has 0 aliphatic rings. The van der Waals surface area contributed by atoms with Crippen molar-refractivity contribution in [2.75, 3.05) is 6.61 Å². The molecule has 4 nitrogen and oxygen atoms in total. The van der Waals surface area contributed by atoms with Gasteiger partial charge in [-0.2, -0.15) is 0 Å². The summed E-state index contributed by atoms with van der Waals surface area (Å²) < 4.78 is 5.60. The average molecular weight is 350 g/mol. The first-order valence-corrected chi connectivity index (χ1v) is 8.34. The molecule has 0 saturated heterocycles. The highest BCUT2D eigenvalue weighted by Crippen LogP contribution is 2.15. The predicted molar refractivity (Wildman–Crippen MR) is 103 cm³/mol. The molecule has 2 aromatic rings. The number of hydrogen-bond acceptors (Lipinski definition) is 3. The van der Waals surface area contributed by atoms with E-state index >= 15 is 0 Å². The zero-order valence-electron chi connectivity index (χ0n) is 14.9. The number of ether oxygens (including phenoxy) is 1. The molecule has 0 aliphatic carbocycles. The molecule has 0 atom stereocenters. The van der Waals surface area contributed by atoms with Crippen molar-refractivity contribution in [3.05, 3.63) is 82.9 Å². The van der Waals surface area contributed by atoms with Crippen molar-refractivity contribution >= 4 is 17.8 Å². The smallest absolute Gasteiger partial charge is 0.307 e. The number of carbonyl (C=O) groups is 2. The van der Waals surface area contributed by atoms with E-state index in [-0.39, 0.29) is 12.2 Å². The second-order valence-corrected chi connectivity index (χ2v) is 6.09. The summed E-state index contributed by atoms with van der Waals surface area (Å²) in [5, 5.41) is 8.95. The molecule has 2 aromatic carbocycles. The molecule has 4 heteroatoms. The van der Waals surface area contributed by atoms with Crippen LogP contribution in [0.15, 0.2) is 66.3 Å². The lowest BCUT2D eigenvalue weighted by molar-refractivity contribution is -0.136. The second kappa shape index (κ2) is 9.37. The maximum Gasteiger partial charge on any atom is 0.307 e. The summed E-state index contributed by atoms with van der Waals surface area (Å²) in [5.41, 5.74) is 2.99. The number of allylic oxidation sites excluding steroid dienone is 2. The summed E-state index contributed by atoms with van der Waals surface area (Å²) in [6.45, 7) is 4.56. The van der Waals surface area contributed by atoms with Crippen LogP contribution in [0.25, 0.3) is 6.08 Å². The standard InChI is InChI=1S/C22H22O4/c1-16(2)13-14-26-19-10-7-17(8-11-19)9-12-21(23)20-6-4-3-5-18(20)15-22(24)25/h3-13H,14-15H2,1-2H3,(H,24,25). The molecule has 0 spiro atoms. The summed E-state index contributed by atoms with van der Waals surface area (Å²) in [6, 6.07) is 14.2. The third-order valence-corrected chi connectivity index (χ3v) is 3.67. The van der Waals surface area contributed by atoms with Crippen molar-refractivity contribution in [1.82, 2.24) is 0 Å².